The van der Waals surface area contributed by atoms with Crippen LogP contribution in [0.25, 0.3) is 0 Å². The van der Waals surface area contributed by atoms with Gasteiger partial charge < -0.3 is 14.7 Å². The van der Waals surface area contributed by atoms with Gasteiger partial charge in [-0.25, -0.2) is 0 Å². The number of methoxy groups -OCH3 is 1. The van der Waals surface area contributed by atoms with Crippen molar-refractivity contribution in [3.05, 3.63) is 58.6 Å². The van der Waals surface area contributed by atoms with E-state index < -0.39 is 11.2 Å². The normalized spacial score (nSPS) is 19.3. The highest BCUT2D eigenvalue weighted by Crippen LogP contribution is 2.49. The third-order valence-corrected chi connectivity index (χ3v) is 6.35. The van der Waals surface area contributed by atoms with E-state index >= 15 is 0 Å². The van der Waals surface area contributed by atoms with Crippen molar-refractivity contribution in [2.45, 2.75) is 36.8 Å². The lowest BCUT2D eigenvalue weighted by Gasteiger charge is -2.29. The summed E-state index contributed by atoms with van der Waals surface area (Å²) in [6.07, 6.45) is -0.250. The molecular weight excluding hydrogens is 398 g/mol. The molecule has 1 amide bonds. The highest BCUT2D eigenvalue weighted by molar-refractivity contribution is 8.01. The smallest absolute Gasteiger partial charge is 0.305 e. The summed E-state index contributed by atoms with van der Waals surface area (Å²) in [7, 11) is 1.60. The Hall–Kier alpha value is -2.18. The zero-order valence-electron chi connectivity index (χ0n) is 15.9. The number of aliphatic carboxylic acids is 1. The zero-order valence-corrected chi connectivity index (χ0v) is 17.5. The number of benzene rings is 2. The number of thioether (sulfide) groups is 1. The fourth-order valence-electron chi connectivity index (χ4n) is 3.47. The molecule has 0 fully saturated rings. The molecule has 0 saturated carbocycles. The van der Waals surface area contributed by atoms with Gasteiger partial charge in [-0.1, -0.05) is 29.8 Å². The summed E-state index contributed by atoms with van der Waals surface area (Å²) < 4.78 is 5.54. The quantitative estimate of drug-likeness (QED) is 0.756. The number of halogens is 1. The first-order valence-corrected chi connectivity index (χ1v) is 10.3. The van der Waals surface area contributed by atoms with E-state index in [9.17, 15) is 14.7 Å². The number of anilines is 1. The molecule has 1 heterocycles. The van der Waals surface area contributed by atoms with Crippen molar-refractivity contribution < 1.29 is 19.4 Å². The first kappa shape index (κ1) is 20.6. The van der Waals surface area contributed by atoms with Crippen LogP contribution in [0.1, 0.15) is 36.6 Å². The lowest BCUT2D eigenvalue weighted by Crippen LogP contribution is -2.42. The second-order valence-corrected chi connectivity index (χ2v) is 8.60. The van der Waals surface area contributed by atoms with Crippen LogP contribution in [-0.4, -0.2) is 35.4 Å². The van der Waals surface area contributed by atoms with Gasteiger partial charge in [0.25, 0.3) is 0 Å². The lowest BCUT2D eigenvalue weighted by atomic mass is 10.00. The minimum absolute atomic E-state index is 0.124. The number of nitrogens with zero attached hydrogens (tertiary/aromatic N) is 1. The maximum Gasteiger partial charge on any atom is 0.305 e. The molecule has 2 unspecified atom stereocenters. The Morgan fingerprint density at radius 3 is 2.61 bits per heavy atom. The number of carboxylic acid groups (broad SMARTS) is 1. The Morgan fingerprint density at radius 1 is 1.25 bits per heavy atom. The molecule has 1 aliphatic heterocycles. The van der Waals surface area contributed by atoms with Gasteiger partial charge in [-0.15, -0.1) is 11.8 Å². The van der Waals surface area contributed by atoms with Gasteiger partial charge in [-0.05, 0) is 43.7 Å². The zero-order chi connectivity index (χ0) is 20.4. The van der Waals surface area contributed by atoms with Crippen molar-refractivity contribution in [1.82, 2.24) is 0 Å². The average Bonchev–Trinajstić information content (AvgIpc) is 2.76. The molecule has 0 bridgehead atoms. The van der Waals surface area contributed by atoms with E-state index in [4.69, 9.17) is 16.3 Å². The molecule has 1 N–H and O–H groups in total. The van der Waals surface area contributed by atoms with Crippen LogP contribution in [0.2, 0.25) is 5.02 Å². The third-order valence-electron chi connectivity index (χ3n) is 4.64. The molecule has 2 aromatic rings. The van der Waals surface area contributed by atoms with Crippen molar-refractivity contribution in [1.29, 1.82) is 0 Å². The van der Waals surface area contributed by atoms with E-state index in [1.807, 2.05) is 50.2 Å². The summed E-state index contributed by atoms with van der Waals surface area (Å²) in [6, 6.07) is 12.9. The molecule has 7 heteroatoms. The van der Waals surface area contributed by atoms with Crippen LogP contribution in [0.5, 0.6) is 5.75 Å². The van der Waals surface area contributed by atoms with Gasteiger partial charge in [0.1, 0.15) is 5.75 Å². The SMILES string of the molecule is COc1ccccc1C1SC(CC(=O)O)C(=O)N(C(C)C)c2ccc(Cl)cc21. The number of hydrogen-bond donors (Lipinski definition) is 1. The molecule has 5 nitrogen and oxygen atoms in total. The van der Waals surface area contributed by atoms with Gasteiger partial charge in [0.15, 0.2) is 0 Å². The van der Waals surface area contributed by atoms with E-state index in [1.54, 1.807) is 18.1 Å². The minimum Gasteiger partial charge on any atom is -0.496 e. The number of carbonyl (C=O) groups excluding carboxylic acids is 1. The fraction of sp³-hybridized carbons (Fsp3) is 0.333. The summed E-state index contributed by atoms with van der Waals surface area (Å²) in [5, 5.41) is 8.94. The maximum atomic E-state index is 13.3. The van der Waals surface area contributed by atoms with Gasteiger partial charge in [0, 0.05) is 22.3 Å². The molecule has 0 saturated heterocycles. The van der Waals surface area contributed by atoms with E-state index in [2.05, 4.69) is 0 Å². The molecule has 0 radical (unpaired) electrons. The molecule has 2 aromatic carbocycles. The summed E-state index contributed by atoms with van der Waals surface area (Å²) in [4.78, 5) is 26.4. The number of amides is 1. The van der Waals surface area contributed by atoms with Gasteiger partial charge in [-0.2, -0.15) is 0 Å². The highest BCUT2D eigenvalue weighted by Gasteiger charge is 2.39. The van der Waals surface area contributed by atoms with Crippen LogP contribution >= 0.6 is 23.4 Å². The summed E-state index contributed by atoms with van der Waals surface area (Å²) in [6.45, 7) is 3.84. The average molecular weight is 420 g/mol. The second-order valence-electron chi connectivity index (χ2n) is 6.85. The predicted octanol–water partition coefficient (Wildman–Crippen LogP) is 4.77. The number of carboxylic acids is 1. The fourth-order valence-corrected chi connectivity index (χ4v) is 5.13. The van der Waals surface area contributed by atoms with Crippen LogP contribution in [0.4, 0.5) is 5.69 Å². The van der Waals surface area contributed by atoms with E-state index in [0.717, 1.165) is 16.8 Å². The Balaban J connectivity index is 2.24. The highest BCUT2D eigenvalue weighted by atomic mass is 35.5. The molecule has 0 aromatic heterocycles. The van der Waals surface area contributed by atoms with Crippen molar-refractivity contribution in [2.75, 3.05) is 12.0 Å². The molecule has 0 aliphatic carbocycles. The molecular formula is C21H22ClNO4S. The standard InChI is InChI=1S/C21H22ClNO4S/c1-12(2)23-16-9-8-13(22)10-15(16)20(14-6-4-5-7-17(14)27-3)28-18(21(23)26)11-19(24)25/h4-10,12,18,20H,11H2,1-3H3,(H,24,25). The first-order valence-electron chi connectivity index (χ1n) is 8.96. The molecule has 1 aliphatic rings. The van der Waals surface area contributed by atoms with Crippen molar-refractivity contribution in [3.8, 4) is 5.75 Å². The monoisotopic (exact) mass is 419 g/mol. The molecule has 0 spiro atoms. The third kappa shape index (κ3) is 3.98. The lowest BCUT2D eigenvalue weighted by molar-refractivity contribution is -0.138. The van der Waals surface area contributed by atoms with Gasteiger partial charge in [-0.3, -0.25) is 9.59 Å². The van der Waals surface area contributed by atoms with Crippen molar-refractivity contribution >= 4 is 40.9 Å². The first-order chi connectivity index (χ1) is 13.3. The van der Waals surface area contributed by atoms with E-state index in [-0.39, 0.29) is 23.6 Å². The number of carbonyl (C=O) groups is 2. The minimum atomic E-state index is -1.00. The van der Waals surface area contributed by atoms with Gasteiger partial charge in [0.05, 0.1) is 24.0 Å². The van der Waals surface area contributed by atoms with Gasteiger partial charge in [0.2, 0.25) is 5.91 Å². The number of para-hydroxylation sites is 1. The van der Waals surface area contributed by atoms with Crippen molar-refractivity contribution in [3.63, 3.8) is 0 Å². The Morgan fingerprint density at radius 2 is 1.96 bits per heavy atom. The number of hydrogen-bond acceptors (Lipinski definition) is 4. The van der Waals surface area contributed by atoms with E-state index in [0.29, 0.717) is 10.8 Å². The van der Waals surface area contributed by atoms with Crippen LogP contribution in [0.15, 0.2) is 42.5 Å². The maximum absolute atomic E-state index is 13.3. The summed E-state index contributed by atoms with van der Waals surface area (Å²) in [5.74, 6) is -0.522. The Kier molecular flexibility index (Phi) is 6.20. The molecule has 2 atom stereocenters. The molecule has 3 rings (SSSR count). The number of ether oxygens (including phenoxy) is 1. The predicted molar refractivity (Wildman–Crippen MR) is 113 cm³/mol. The Labute approximate surface area is 173 Å². The van der Waals surface area contributed by atoms with Crippen molar-refractivity contribution in [2.24, 2.45) is 0 Å². The number of fused-ring (bicyclic) bond motifs is 1. The largest absolute Gasteiger partial charge is 0.496 e. The van der Waals surface area contributed by atoms with E-state index in [1.165, 1.54) is 11.8 Å². The number of rotatable bonds is 5. The van der Waals surface area contributed by atoms with Crippen LogP contribution in [0.3, 0.4) is 0 Å². The molecule has 148 valence electrons. The van der Waals surface area contributed by atoms with Crippen LogP contribution in [0, 0.1) is 0 Å². The Bertz CT molecular complexity index is 902. The summed E-state index contributed by atoms with van der Waals surface area (Å²) >= 11 is 7.64. The summed E-state index contributed by atoms with van der Waals surface area (Å²) in [5.41, 5.74) is 2.50. The van der Waals surface area contributed by atoms with Crippen LogP contribution in [-0.2, 0) is 9.59 Å². The van der Waals surface area contributed by atoms with Crippen LogP contribution < -0.4 is 9.64 Å². The van der Waals surface area contributed by atoms with Gasteiger partial charge >= 0.3 is 5.97 Å². The second kappa shape index (κ2) is 8.45. The topological polar surface area (TPSA) is 66.8 Å². The molecule has 28 heavy (non-hydrogen) atoms.